The van der Waals surface area contributed by atoms with Crippen molar-refractivity contribution < 1.29 is 5.11 Å². The Morgan fingerprint density at radius 1 is 1.40 bits per heavy atom. The van der Waals surface area contributed by atoms with Gasteiger partial charge >= 0.3 is 0 Å². The molecule has 6 N–H and O–H groups in total. The summed E-state index contributed by atoms with van der Waals surface area (Å²) in [6.07, 6.45) is 0. The molecule has 0 aliphatic carbocycles. The third-order valence-corrected chi connectivity index (χ3v) is 0.872. The first-order valence-electron chi connectivity index (χ1n) is 3.14. The van der Waals surface area contributed by atoms with Gasteiger partial charge in [0.2, 0.25) is 0 Å². The maximum atomic E-state index is 8.33. The molecule has 0 rings (SSSR count). The van der Waals surface area contributed by atoms with Crippen LogP contribution in [0.4, 0.5) is 0 Å². The Kier molecular flexibility index (Phi) is 5.80. The van der Waals surface area contributed by atoms with Crippen molar-refractivity contribution >= 4 is 5.96 Å². The highest BCUT2D eigenvalue weighted by atomic mass is 16.3. The van der Waals surface area contributed by atoms with Crippen LogP contribution in [0.15, 0.2) is 4.99 Å². The molecule has 0 aromatic carbocycles. The number of nitrogens with one attached hydrogen (secondary N) is 1. The lowest BCUT2D eigenvalue weighted by Gasteiger charge is -1.97. The Labute approximate surface area is 60.1 Å². The Hall–Kier alpha value is -0.810. The zero-order valence-corrected chi connectivity index (χ0v) is 5.88. The van der Waals surface area contributed by atoms with Crippen LogP contribution in [0.1, 0.15) is 0 Å². The van der Waals surface area contributed by atoms with Gasteiger partial charge in [-0.1, -0.05) is 0 Å². The van der Waals surface area contributed by atoms with Gasteiger partial charge in [-0.05, 0) is 0 Å². The van der Waals surface area contributed by atoms with E-state index < -0.39 is 0 Å². The maximum absolute atomic E-state index is 8.33. The van der Waals surface area contributed by atoms with Gasteiger partial charge in [0.25, 0.3) is 0 Å². The molecule has 5 heteroatoms. The van der Waals surface area contributed by atoms with Gasteiger partial charge < -0.3 is 21.9 Å². The van der Waals surface area contributed by atoms with Crippen LogP contribution in [-0.2, 0) is 0 Å². The second-order valence-corrected chi connectivity index (χ2v) is 1.78. The topological polar surface area (TPSA) is 96.7 Å². The minimum absolute atomic E-state index is 0.103. The van der Waals surface area contributed by atoms with Crippen LogP contribution in [-0.4, -0.2) is 37.3 Å². The first-order valence-corrected chi connectivity index (χ1v) is 3.14. The van der Waals surface area contributed by atoms with E-state index in [-0.39, 0.29) is 12.6 Å². The predicted molar refractivity (Wildman–Crippen MR) is 40.6 cm³/mol. The van der Waals surface area contributed by atoms with Gasteiger partial charge in [-0.15, -0.1) is 0 Å². The van der Waals surface area contributed by atoms with E-state index in [4.69, 9.17) is 16.6 Å². The van der Waals surface area contributed by atoms with Crippen molar-refractivity contribution in [2.24, 2.45) is 16.5 Å². The summed E-state index contributed by atoms with van der Waals surface area (Å²) in [5.41, 5.74) is 10.1. The summed E-state index contributed by atoms with van der Waals surface area (Å²) >= 11 is 0. The maximum Gasteiger partial charge on any atom is 0.185 e. The summed E-state index contributed by atoms with van der Waals surface area (Å²) in [6, 6.07) is 0. The summed E-state index contributed by atoms with van der Waals surface area (Å²) in [4.78, 5) is 3.72. The number of rotatable bonds is 5. The van der Waals surface area contributed by atoms with E-state index >= 15 is 0 Å². The number of aliphatic hydroxyl groups is 1. The summed E-state index contributed by atoms with van der Waals surface area (Å²) in [6.45, 7) is 1.97. The zero-order valence-electron chi connectivity index (χ0n) is 5.88. The minimum Gasteiger partial charge on any atom is -0.395 e. The fourth-order valence-corrected chi connectivity index (χ4v) is 0.468. The van der Waals surface area contributed by atoms with Crippen molar-refractivity contribution in [2.45, 2.75) is 0 Å². The highest BCUT2D eigenvalue weighted by molar-refractivity contribution is 5.75. The second-order valence-electron chi connectivity index (χ2n) is 1.78. The highest BCUT2D eigenvalue weighted by Gasteiger charge is 1.83. The van der Waals surface area contributed by atoms with E-state index in [1.54, 1.807) is 0 Å². The first-order chi connectivity index (χ1) is 4.77. The van der Waals surface area contributed by atoms with Gasteiger partial charge in [-0.3, -0.25) is 4.99 Å². The normalized spacial score (nSPS) is 9.30. The Morgan fingerprint density at radius 2 is 2.10 bits per heavy atom. The molecule has 0 aliphatic heterocycles. The first kappa shape index (κ1) is 9.19. The van der Waals surface area contributed by atoms with Gasteiger partial charge in [-0.25, -0.2) is 0 Å². The molecule has 0 fully saturated rings. The molecule has 0 aromatic rings. The number of aliphatic imine (C=N–C) groups is 1. The molecule has 60 valence electrons. The molecule has 5 nitrogen and oxygen atoms in total. The average Bonchev–Trinajstić information content (AvgIpc) is 1.87. The molecule has 0 heterocycles. The molecule has 0 radical (unpaired) electrons. The summed E-state index contributed by atoms with van der Waals surface area (Å²) in [5.74, 6) is 0.103. The molecule has 0 unspecified atom stereocenters. The van der Waals surface area contributed by atoms with E-state index in [9.17, 15) is 0 Å². The van der Waals surface area contributed by atoms with Crippen molar-refractivity contribution in [3.05, 3.63) is 0 Å². The quantitative estimate of drug-likeness (QED) is 0.202. The molecule has 10 heavy (non-hydrogen) atoms. The van der Waals surface area contributed by atoms with Crippen molar-refractivity contribution in [1.29, 1.82) is 0 Å². The molecular weight excluding hydrogens is 132 g/mol. The van der Waals surface area contributed by atoms with Gasteiger partial charge in [0.15, 0.2) is 5.96 Å². The third-order valence-electron chi connectivity index (χ3n) is 0.872. The van der Waals surface area contributed by atoms with E-state index in [1.807, 2.05) is 0 Å². The van der Waals surface area contributed by atoms with Crippen molar-refractivity contribution in [3.63, 3.8) is 0 Å². The van der Waals surface area contributed by atoms with Crippen molar-refractivity contribution in [2.75, 3.05) is 26.2 Å². The Bertz CT molecular complexity index is 99.8. The van der Waals surface area contributed by atoms with Gasteiger partial charge in [0.1, 0.15) is 0 Å². The van der Waals surface area contributed by atoms with Gasteiger partial charge in [0, 0.05) is 13.1 Å². The van der Waals surface area contributed by atoms with Crippen LogP contribution in [0.3, 0.4) is 0 Å². The number of hydrogen-bond donors (Lipinski definition) is 4. The summed E-state index contributed by atoms with van der Waals surface area (Å²) in [5, 5.41) is 11.2. The predicted octanol–water partition coefficient (Wildman–Crippen LogP) is -2.16. The van der Waals surface area contributed by atoms with Crippen molar-refractivity contribution in [3.8, 4) is 0 Å². The lowest BCUT2D eigenvalue weighted by atomic mass is 10.6. The van der Waals surface area contributed by atoms with Crippen LogP contribution in [0.2, 0.25) is 0 Å². The largest absolute Gasteiger partial charge is 0.395 e. The molecular formula is C5H14N4O. The Balaban J connectivity index is 2.98. The van der Waals surface area contributed by atoms with E-state index in [2.05, 4.69) is 10.3 Å². The number of hydrogen-bond acceptors (Lipinski definition) is 3. The number of aliphatic hydroxyl groups excluding tert-OH is 1. The van der Waals surface area contributed by atoms with Crippen LogP contribution >= 0.6 is 0 Å². The molecule has 0 saturated carbocycles. The summed E-state index contributed by atoms with van der Waals surface area (Å²) in [7, 11) is 0. The minimum atomic E-state index is 0.103. The molecule has 0 aromatic heterocycles. The van der Waals surface area contributed by atoms with E-state index in [0.717, 1.165) is 0 Å². The van der Waals surface area contributed by atoms with E-state index in [0.29, 0.717) is 19.6 Å². The van der Waals surface area contributed by atoms with Gasteiger partial charge in [0.05, 0.1) is 13.2 Å². The van der Waals surface area contributed by atoms with Crippen LogP contribution in [0, 0.1) is 0 Å². The number of nitrogens with two attached hydrogens (primary N) is 2. The van der Waals surface area contributed by atoms with E-state index in [1.165, 1.54) is 0 Å². The molecule has 0 atom stereocenters. The molecule has 0 saturated heterocycles. The molecule has 0 bridgehead atoms. The monoisotopic (exact) mass is 146 g/mol. The highest BCUT2D eigenvalue weighted by Crippen LogP contribution is 1.65. The third kappa shape index (κ3) is 7.19. The lowest BCUT2D eigenvalue weighted by molar-refractivity contribution is 0.293. The SMILES string of the molecule is NC(N)=NCCNCCO. The van der Waals surface area contributed by atoms with Crippen LogP contribution in [0.5, 0.6) is 0 Å². The molecule has 0 spiro atoms. The fourth-order valence-electron chi connectivity index (χ4n) is 0.468. The summed E-state index contributed by atoms with van der Waals surface area (Å²) < 4.78 is 0. The van der Waals surface area contributed by atoms with Gasteiger partial charge in [-0.2, -0.15) is 0 Å². The van der Waals surface area contributed by atoms with Crippen LogP contribution < -0.4 is 16.8 Å². The smallest absolute Gasteiger partial charge is 0.185 e. The van der Waals surface area contributed by atoms with Crippen LogP contribution in [0.25, 0.3) is 0 Å². The average molecular weight is 146 g/mol. The second kappa shape index (κ2) is 6.31. The Morgan fingerprint density at radius 3 is 2.60 bits per heavy atom. The zero-order chi connectivity index (χ0) is 7.82. The number of nitrogens with zero attached hydrogens (tertiary/aromatic N) is 1. The van der Waals surface area contributed by atoms with Crippen molar-refractivity contribution in [1.82, 2.24) is 5.32 Å². The lowest BCUT2D eigenvalue weighted by Crippen LogP contribution is -2.26. The molecule has 0 aliphatic rings. The standard InChI is InChI=1S/C5H14N4O/c6-5(7)9-2-1-8-3-4-10/h8,10H,1-4H2,(H4,6,7,9). The molecule has 0 amide bonds. The number of guanidine groups is 1. The fraction of sp³-hybridized carbons (Fsp3) is 0.800.